The van der Waals surface area contributed by atoms with Crippen LogP contribution in [-0.2, 0) is 0 Å². The standard InChI is InChI=1S/C9H6BrFN4O2/c10-4-1-2-6(5(11)3-4)13-9(16)7-8(12)15-17-14-7/h1-3H,(H2,12,15)(H,13,16). The maximum Gasteiger partial charge on any atom is 0.281 e. The van der Waals surface area contributed by atoms with Crippen LogP contribution in [0.25, 0.3) is 0 Å². The fourth-order valence-electron chi connectivity index (χ4n) is 1.13. The minimum absolute atomic E-state index is 0.0144. The van der Waals surface area contributed by atoms with Gasteiger partial charge in [0, 0.05) is 4.47 Å². The quantitative estimate of drug-likeness (QED) is 0.882. The van der Waals surface area contributed by atoms with Gasteiger partial charge in [0.1, 0.15) is 5.82 Å². The average molecular weight is 301 g/mol. The van der Waals surface area contributed by atoms with Gasteiger partial charge < -0.3 is 11.1 Å². The van der Waals surface area contributed by atoms with Crippen LogP contribution in [0.1, 0.15) is 10.5 Å². The van der Waals surface area contributed by atoms with Gasteiger partial charge in [0.15, 0.2) is 0 Å². The summed E-state index contributed by atoms with van der Waals surface area (Å²) in [5.41, 5.74) is 5.15. The van der Waals surface area contributed by atoms with Crippen molar-refractivity contribution in [2.75, 3.05) is 11.1 Å². The van der Waals surface area contributed by atoms with E-state index in [4.69, 9.17) is 5.73 Å². The number of hydrogen-bond acceptors (Lipinski definition) is 5. The molecule has 0 bridgehead atoms. The van der Waals surface area contributed by atoms with Crippen molar-refractivity contribution in [3.05, 3.63) is 34.2 Å². The van der Waals surface area contributed by atoms with Gasteiger partial charge in [0.2, 0.25) is 11.5 Å². The molecule has 0 spiro atoms. The van der Waals surface area contributed by atoms with Crippen molar-refractivity contribution in [3.63, 3.8) is 0 Å². The van der Waals surface area contributed by atoms with Crippen LogP contribution in [0.3, 0.4) is 0 Å². The summed E-state index contributed by atoms with van der Waals surface area (Å²) in [6.07, 6.45) is 0. The molecule has 17 heavy (non-hydrogen) atoms. The lowest BCUT2D eigenvalue weighted by Crippen LogP contribution is -2.15. The van der Waals surface area contributed by atoms with E-state index >= 15 is 0 Å². The maximum atomic E-state index is 13.4. The van der Waals surface area contributed by atoms with Crippen molar-refractivity contribution >= 4 is 33.3 Å². The molecule has 3 N–H and O–H groups in total. The number of halogens is 2. The van der Waals surface area contributed by atoms with Gasteiger partial charge in [0.05, 0.1) is 5.69 Å². The molecule has 0 aliphatic carbocycles. The molecule has 0 saturated carbocycles. The zero-order chi connectivity index (χ0) is 12.4. The molecule has 0 radical (unpaired) electrons. The Bertz CT molecular complexity index is 572. The van der Waals surface area contributed by atoms with Crippen molar-refractivity contribution in [2.45, 2.75) is 0 Å². The van der Waals surface area contributed by atoms with Gasteiger partial charge in [0.25, 0.3) is 5.91 Å². The molecule has 1 heterocycles. The summed E-state index contributed by atoms with van der Waals surface area (Å²) in [5, 5.41) is 8.85. The molecule has 2 aromatic rings. The van der Waals surface area contributed by atoms with E-state index in [0.29, 0.717) is 4.47 Å². The van der Waals surface area contributed by atoms with Crippen LogP contribution < -0.4 is 11.1 Å². The molecule has 1 amide bonds. The summed E-state index contributed by atoms with van der Waals surface area (Å²) < 4.78 is 18.2. The van der Waals surface area contributed by atoms with E-state index in [1.54, 1.807) is 6.07 Å². The van der Waals surface area contributed by atoms with Crippen molar-refractivity contribution in [1.82, 2.24) is 10.3 Å². The van der Waals surface area contributed by atoms with E-state index in [0.717, 1.165) is 0 Å². The van der Waals surface area contributed by atoms with Gasteiger partial charge in [-0.1, -0.05) is 15.9 Å². The first kappa shape index (κ1) is 11.5. The van der Waals surface area contributed by atoms with Crippen molar-refractivity contribution in [1.29, 1.82) is 0 Å². The van der Waals surface area contributed by atoms with Crippen LogP contribution in [0.15, 0.2) is 27.3 Å². The third-order valence-electron chi connectivity index (χ3n) is 1.91. The monoisotopic (exact) mass is 300 g/mol. The molecule has 0 unspecified atom stereocenters. The van der Waals surface area contributed by atoms with E-state index < -0.39 is 11.7 Å². The largest absolute Gasteiger partial charge is 0.379 e. The molecule has 1 aromatic heterocycles. The van der Waals surface area contributed by atoms with Gasteiger partial charge >= 0.3 is 0 Å². The average Bonchev–Trinajstić information content (AvgIpc) is 2.68. The molecule has 0 aliphatic rings. The van der Waals surface area contributed by atoms with E-state index in [1.807, 2.05) is 0 Å². The molecular weight excluding hydrogens is 295 g/mol. The number of hydrogen-bond donors (Lipinski definition) is 2. The lowest BCUT2D eigenvalue weighted by molar-refractivity contribution is 0.101. The Balaban J connectivity index is 2.22. The number of aromatic nitrogens is 2. The van der Waals surface area contributed by atoms with E-state index in [9.17, 15) is 9.18 Å². The Kier molecular flexibility index (Phi) is 3.05. The smallest absolute Gasteiger partial charge is 0.281 e. The molecule has 0 saturated heterocycles. The topological polar surface area (TPSA) is 94.0 Å². The van der Waals surface area contributed by atoms with Crippen molar-refractivity contribution in [3.8, 4) is 0 Å². The highest BCUT2D eigenvalue weighted by molar-refractivity contribution is 9.10. The maximum absolute atomic E-state index is 13.4. The Morgan fingerprint density at radius 2 is 2.24 bits per heavy atom. The molecule has 8 heteroatoms. The summed E-state index contributed by atoms with van der Waals surface area (Å²) in [7, 11) is 0. The van der Waals surface area contributed by atoms with Crippen LogP contribution in [0.2, 0.25) is 0 Å². The summed E-state index contributed by atoms with van der Waals surface area (Å²) >= 11 is 3.10. The number of benzene rings is 1. The molecule has 88 valence electrons. The number of nitrogens with two attached hydrogens (primary N) is 1. The first-order chi connectivity index (χ1) is 8.08. The summed E-state index contributed by atoms with van der Waals surface area (Å²) in [5.74, 6) is -1.42. The van der Waals surface area contributed by atoms with Gasteiger partial charge in [-0.2, -0.15) is 0 Å². The number of carbonyl (C=O) groups excluding carboxylic acids is 1. The van der Waals surface area contributed by atoms with Crippen LogP contribution >= 0.6 is 15.9 Å². The molecule has 6 nitrogen and oxygen atoms in total. The van der Waals surface area contributed by atoms with Crippen LogP contribution in [0.4, 0.5) is 15.9 Å². The molecule has 1 aromatic carbocycles. The third kappa shape index (κ3) is 2.41. The number of amides is 1. The van der Waals surface area contributed by atoms with Gasteiger partial charge in [-0.15, -0.1) is 0 Å². The summed E-state index contributed by atoms with van der Waals surface area (Å²) in [4.78, 5) is 11.6. The highest BCUT2D eigenvalue weighted by Gasteiger charge is 2.17. The molecule has 0 aliphatic heterocycles. The predicted molar refractivity (Wildman–Crippen MR) is 60.8 cm³/mol. The number of rotatable bonds is 2. The van der Waals surface area contributed by atoms with E-state index in [2.05, 4.69) is 36.2 Å². The van der Waals surface area contributed by atoms with Crippen LogP contribution in [0.5, 0.6) is 0 Å². The first-order valence-electron chi connectivity index (χ1n) is 4.42. The molecular formula is C9H6BrFN4O2. The minimum Gasteiger partial charge on any atom is -0.379 e. The third-order valence-corrected chi connectivity index (χ3v) is 2.40. The zero-order valence-corrected chi connectivity index (χ0v) is 9.86. The van der Waals surface area contributed by atoms with E-state index in [1.165, 1.54) is 12.1 Å². The molecule has 0 fully saturated rings. The number of nitrogens with one attached hydrogen (secondary N) is 1. The zero-order valence-electron chi connectivity index (χ0n) is 8.28. The molecule has 0 atom stereocenters. The molecule has 2 rings (SSSR count). The second kappa shape index (κ2) is 4.50. The number of nitrogens with zero attached hydrogens (tertiary/aromatic N) is 2. The second-order valence-corrected chi connectivity index (χ2v) is 3.99. The minimum atomic E-state index is -0.690. The summed E-state index contributed by atoms with van der Waals surface area (Å²) in [6, 6.07) is 4.21. The Morgan fingerprint density at radius 1 is 1.47 bits per heavy atom. The van der Waals surface area contributed by atoms with Crippen LogP contribution in [-0.4, -0.2) is 16.2 Å². The fourth-order valence-corrected chi connectivity index (χ4v) is 1.46. The van der Waals surface area contributed by atoms with Gasteiger partial charge in [-0.3, -0.25) is 4.79 Å². The fraction of sp³-hybridized carbons (Fsp3) is 0. The van der Waals surface area contributed by atoms with Gasteiger partial charge in [-0.25, -0.2) is 9.02 Å². The summed E-state index contributed by atoms with van der Waals surface area (Å²) in [6.45, 7) is 0. The lowest BCUT2D eigenvalue weighted by atomic mass is 10.3. The van der Waals surface area contributed by atoms with Crippen molar-refractivity contribution < 1.29 is 13.8 Å². The second-order valence-electron chi connectivity index (χ2n) is 3.08. The van der Waals surface area contributed by atoms with Gasteiger partial charge in [-0.05, 0) is 28.5 Å². The Hall–Kier alpha value is -1.96. The first-order valence-corrected chi connectivity index (χ1v) is 5.21. The normalized spacial score (nSPS) is 10.2. The number of carbonyl (C=O) groups is 1. The highest BCUT2D eigenvalue weighted by atomic mass is 79.9. The SMILES string of the molecule is Nc1nonc1C(=O)Nc1ccc(Br)cc1F. The predicted octanol–water partition coefficient (Wildman–Crippen LogP) is 1.81. The van der Waals surface area contributed by atoms with Crippen molar-refractivity contribution in [2.24, 2.45) is 0 Å². The number of anilines is 2. The Labute approximate surface area is 103 Å². The Morgan fingerprint density at radius 3 is 2.82 bits per heavy atom. The lowest BCUT2D eigenvalue weighted by Gasteiger charge is -2.04. The van der Waals surface area contributed by atoms with Crippen LogP contribution in [0, 0.1) is 5.82 Å². The van der Waals surface area contributed by atoms with E-state index in [-0.39, 0.29) is 17.2 Å². The number of nitrogen functional groups attached to an aromatic ring is 1. The highest BCUT2D eigenvalue weighted by Crippen LogP contribution is 2.20.